The van der Waals surface area contributed by atoms with Gasteiger partial charge in [0, 0.05) is 13.7 Å². The smallest absolute Gasteiger partial charge is 0.346 e. The molecule has 0 unspecified atom stereocenters. The van der Waals surface area contributed by atoms with Gasteiger partial charge in [-0.15, -0.1) is 0 Å². The first-order valence-corrected chi connectivity index (χ1v) is 6.98. The molecule has 132 valence electrons. The minimum Gasteiger partial charge on any atom is -0.496 e. The topological polar surface area (TPSA) is 112 Å². The Kier molecular flexibility index (Phi) is 8.06. The van der Waals surface area contributed by atoms with Gasteiger partial charge in [0.1, 0.15) is 17.1 Å². The Bertz CT molecular complexity index is 567. The van der Waals surface area contributed by atoms with Gasteiger partial charge in [0.2, 0.25) is 0 Å². The first kappa shape index (κ1) is 19.2. The molecule has 0 fully saturated rings. The second-order valence-corrected chi connectivity index (χ2v) is 4.41. The highest BCUT2D eigenvalue weighted by Crippen LogP contribution is 2.28. The van der Waals surface area contributed by atoms with Crippen LogP contribution in [0.3, 0.4) is 0 Å². The van der Waals surface area contributed by atoms with Crippen molar-refractivity contribution in [2.75, 3.05) is 41.1 Å². The molecule has 0 spiro atoms. The van der Waals surface area contributed by atoms with Crippen LogP contribution < -0.4 is 20.1 Å². The lowest BCUT2D eigenvalue weighted by Crippen LogP contribution is -2.42. The highest BCUT2D eigenvalue weighted by molar-refractivity contribution is 5.99. The summed E-state index contributed by atoms with van der Waals surface area (Å²) in [6.07, 6.45) is 0. The Morgan fingerprint density at radius 2 is 1.67 bits per heavy atom. The third-order valence-electron chi connectivity index (χ3n) is 2.81. The minimum absolute atomic E-state index is 0.0554. The molecule has 0 atom stereocenters. The van der Waals surface area contributed by atoms with Crippen LogP contribution in [0.4, 0.5) is 4.79 Å². The number of hydrogen-bond acceptors (Lipinski definition) is 7. The third-order valence-corrected chi connectivity index (χ3v) is 2.81. The molecule has 9 nitrogen and oxygen atoms in total. The van der Waals surface area contributed by atoms with E-state index in [1.54, 1.807) is 18.2 Å². The first-order chi connectivity index (χ1) is 11.5. The number of esters is 1. The van der Waals surface area contributed by atoms with Crippen molar-refractivity contribution in [3.63, 3.8) is 0 Å². The number of nitrogens with one attached hydrogen (secondary N) is 2. The zero-order valence-corrected chi connectivity index (χ0v) is 13.7. The lowest BCUT2D eigenvalue weighted by molar-refractivity contribution is -0.123. The second-order valence-electron chi connectivity index (χ2n) is 4.41. The first-order valence-electron chi connectivity index (χ1n) is 6.98. The van der Waals surface area contributed by atoms with Crippen LogP contribution in [0, 0.1) is 0 Å². The molecule has 24 heavy (non-hydrogen) atoms. The van der Waals surface area contributed by atoms with Crippen LogP contribution in [-0.4, -0.2) is 59.0 Å². The van der Waals surface area contributed by atoms with E-state index in [0.717, 1.165) is 0 Å². The SMILES string of the molecule is COCCNC(=O)NC(=O)COC(=O)c1c(OC)cccc1OC. The number of carbonyl (C=O) groups is 3. The van der Waals surface area contributed by atoms with Gasteiger partial charge in [-0.2, -0.15) is 0 Å². The van der Waals surface area contributed by atoms with Crippen LogP contribution >= 0.6 is 0 Å². The summed E-state index contributed by atoms with van der Waals surface area (Å²) in [7, 11) is 4.27. The average Bonchev–Trinajstić information content (AvgIpc) is 2.59. The molecule has 3 amide bonds. The third kappa shape index (κ3) is 5.76. The molecule has 1 aromatic carbocycles. The molecule has 9 heteroatoms. The number of rotatable bonds is 8. The largest absolute Gasteiger partial charge is 0.496 e. The minimum atomic E-state index is -0.806. The van der Waals surface area contributed by atoms with Crippen molar-refractivity contribution in [1.29, 1.82) is 0 Å². The summed E-state index contributed by atoms with van der Waals surface area (Å²) in [4.78, 5) is 35.1. The van der Waals surface area contributed by atoms with Crippen molar-refractivity contribution < 1.29 is 33.3 Å². The van der Waals surface area contributed by atoms with Gasteiger partial charge < -0.3 is 24.3 Å². The Labute approximate surface area is 139 Å². The molecular weight excluding hydrogens is 320 g/mol. The van der Waals surface area contributed by atoms with Crippen molar-refractivity contribution in [1.82, 2.24) is 10.6 Å². The zero-order chi connectivity index (χ0) is 17.9. The maximum absolute atomic E-state index is 12.1. The summed E-state index contributed by atoms with van der Waals surface area (Å²) in [6.45, 7) is -0.0737. The summed E-state index contributed by atoms with van der Waals surface area (Å²) in [6, 6.07) is 4.05. The Morgan fingerprint density at radius 3 is 2.21 bits per heavy atom. The van der Waals surface area contributed by atoms with E-state index < -0.39 is 24.5 Å². The highest BCUT2D eigenvalue weighted by Gasteiger charge is 2.21. The molecule has 0 aliphatic carbocycles. The number of hydrogen-bond donors (Lipinski definition) is 2. The molecule has 0 bridgehead atoms. The van der Waals surface area contributed by atoms with Gasteiger partial charge in [-0.1, -0.05) is 6.07 Å². The predicted octanol–water partition coefficient (Wildman–Crippen LogP) is 0.333. The molecule has 0 aromatic heterocycles. The van der Waals surface area contributed by atoms with Crippen molar-refractivity contribution in [2.45, 2.75) is 0 Å². The Balaban J connectivity index is 2.57. The Morgan fingerprint density at radius 1 is 1.04 bits per heavy atom. The molecule has 2 N–H and O–H groups in total. The van der Waals surface area contributed by atoms with Gasteiger partial charge in [0.05, 0.1) is 20.8 Å². The van der Waals surface area contributed by atoms with Crippen molar-refractivity contribution in [3.05, 3.63) is 23.8 Å². The van der Waals surface area contributed by atoms with Crippen LogP contribution in [0.25, 0.3) is 0 Å². The van der Waals surface area contributed by atoms with Gasteiger partial charge in [-0.25, -0.2) is 9.59 Å². The van der Waals surface area contributed by atoms with Crippen LogP contribution in [-0.2, 0) is 14.3 Å². The summed E-state index contributed by atoms with van der Waals surface area (Å²) >= 11 is 0. The number of methoxy groups -OCH3 is 3. The molecule has 0 aliphatic rings. The quantitative estimate of drug-likeness (QED) is 0.518. The number of urea groups is 1. The van der Waals surface area contributed by atoms with Crippen LogP contribution in [0.15, 0.2) is 18.2 Å². The van der Waals surface area contributed by atoms with Crippen molar-refractivity contribution in [2.24, 2.45) is 0 Å². The monoisotopic (exact) mass is 340 g/mol. The van der Waals surface area contributed by atoms with E-state index in [9.17, 15) is 14.4 Å². The van der Waals surface area contributed by atoms with E-state index in [-0.39, 0.29) is 23.6 Å². The van der Waals surface area contributed by atoms with Crippen LogP contribution in [0.5, 0.6) is 11.5 Å². The van der Waals surface area contributed by atoms with E-state index in [4.69, 9.17) is 18.9 Å². The Hall–Kier alpha value is -2.81. The fourth-order valence-corrected chi connectivity index (χ4v) is 1.73. The van der Waals surface area contributed by atoms with E-state index in [2.05, 4.69) is 5.32 Å². The van der Waals surface area contributed by atoms with E-state index in [0.29, 0.717) is 6.61 Å². The van der Waals surface area contributed by atoms with Crippen molar-refractivity contribution >= 4 is 17.9 Å². The number of benzene rings is 1. The molecule has 0 aliphatic heterocycles. The maximum Gasteiger partial charge on any atom is 0.346 e. The van der Waals surface area contributed by atoms with Crippen molar-refractivity contribution in [3.8, 4) is 11.5 Å². The number of carbonyl (C=O) groups excluding carboxylic acids is 3. The van der Waals surface area contributed by atoms with Gasteiger partial charge in [-0.3, -0.25) is 10.1 Å². The summed E-state index contributed by atoms with van der Waals surface area (Å²) in [5.41, 5.74) is 0.0554. The van der Waals surface area contributed by atoms with E-state index in [1.807, 2.05) is 5.32 Å². The summed E-state index contributed by atoms with van der Waals surface area (Å²) < 4.78 is 19.8. The molecule has 0 saturated carbocycles. The van der Waals surface area contributed by atoms with E-state index >= 15 is 0 Å². The standard InChI is InChI=1S/C15H20N2O7/c1-21-8-7-16-15(20)17-12(18)9-24-14(19)13-10(22-2)5-4-6-11(13)23-3/h4-6H,7-9H2,1-3H3,(H2,16,17,18,20). The van der Waals surface area contributed by atoms with Gasteiger partial charge in [0.15, 0.2) is 6.61 Å². The number of amides is 3. The molecular formula is C15H20N2O7. The van der Waals surface area contributed by atoms with Gasteiger partial charge in [0.25, 0.3) is 5.91 Å². The van der Waals surface area contributed by atoms with Crippen LogP contribution in [0.1, 0.15) is 10.4 Å². The van der Waals surface area contributed by atoms with E-state index in [1.165, 1.54) is 21.3 Å². The number of imide groups is 1. The molecule has 0 heterocycles. The molecule has 0 radical (unpaired) electrons. The predicted molar refractivity (Wildman–Crippen MR) is 83.2 cm³/mol. The normalized spacial score (nSPS) is 9.79. The average molecular weight is 340 g/mol. The lowest BCUT2D eigenvalue weighted by Gasteiger charge is -2.12. The summed E-state index contributed by atoms with van der Waals surface area (Å²) in [5.74, 6) is -1.08. The zero-order valence-electron chi connectivity index (χ0n) is 13.7. The number of ether oxygens (including phenoxy) is 4. The molecule has 1 rings (SSSR count). The van der Waals surface area contributed by atoms with Gasteiger partial charge >= 0.3 is 12.0 Å². The molecule has 0 saturated heterocycles. The fourth-order valence-electron chi connectivity index (χ4n) is 1.73. The fraction of sp³-hybridized carbons (Fsp3) is 0.400. The summed E-state index contributed by atoms with van der Waals surface area (Å²) in [5, 5.41) is 4.41. The van der Waals surface area contributed by atoms with Crippen LogP contribution in [0.2, 0.25) is 0 Å². The molecule has 1 aromatic rings. The lowest BCUT2D eigenvalue weighted by atomic mass is 10.2. The second kappa shape index (κ2) is 10.1. The maximum atomic E-state index is 12.1. The van der Waals surface area contributed by atoms with Gasteiger partial charge in [-0.05, 0) is 12.1 Å². The highest BCUT2D eigenvalue weighted by atomic mass is 16.5.